The fourth-order valence-electron chi connectivity index (χ4n) is 4.59. The lowest BCUT2D eigenvalue weighted by Gasteiger charge is -2.33. The fourth-order valence-corrected chi connectivity index (χ4v) is 4.72. The van der Waals surface area contributed by atoms with E-state index in [1.54, 1.807) is 29.2 Å². The zero-order chi connectivity index (χ0) is 27.2. The summed E-state index contributed by atoms with van der Waals surface area (Å²) in [5, 5.41) is 16.3. The lowest BCUT2D eigenvalue weighted by molar-refractivity contribution is -0.127. The molecule has 0 saturated carbocycles. The van der Waals surface area contributed by atoms with Crippen molar-refractivity contribution in [3.63, 3.8) is 0 Å². The summed E-state index contributed by atoms with van der Waals surface area (Å²) in [7, 11) is 0. The number of hydrogen-bond donors (Lipinski definition) is 1. The van der Waals surface area contributed by atoms with E-state index in [1.807, 2.05) is 45.9 Å². The van der Waals surface area contributed by atoms with E-state index in [0.29, 0.717) is 36.1 Å². The minimum atomic E-state index is -0.705. The van der Waals surface area contributed by atoms with Crippen LogP contribution in [0.25, 0.3) is 11.4 Å². The summed E-state index contributed by atoms with van der Waals surface area (Å²) in [5.41, 5.74) is 3.34. The molecule has 1 aromatic heterocycles. The minimum absolute atomic E-state index is 0.00847. The number of anilines is 1. The Morgan fingerprint density at radius 3 is 2.63 bits per heavy atom. The molecule has 0 bridgehead atoms. The molecule has 2 heterocycles. The van der Waals surface area contributed by atoms with Crippen LogP contribution in [-0.2, 0) is 20.9 Å². The second-order valence-corrected chi connectivity index (χ2v) is 10.7. The Kier molecular flexibility index (Phi) is 9.12. The van der Waals surface area contributed by atoms with Gasteiger partial charge >= 0.3 is 0 Å². The SMILES string of the molecule is Cc1ccc(C)c(N(C(=O)Cn2nnc(-c3ccc(Cl)cc3)n2)[C@H](CC(C)C)C(=O)NC[C@@H]2CCCO2)c1. The van der Waals surface area contributed by atoms with Crippen LogP contribution < -0.4 is 10.2 Å². The predicted molar refractivity (Wildman–Crippen MR) is 147 cm³/mol. The number of carbonyl (C=O) groups is 2. The number of hydrogen-bond acceptors (Lipinski definition) is 6. The van der Waals surface area contributed by atoms with Crippen LogP contribution in [0.3, 0.4) is 0 Å². The van der Waals surface area contributed by atoms with Gasteiger partial charge < -0.3 is 10.1 Å². The first kappa shape index (κ1) is 27.7. The molecule has 1 fully saturated rings. The average molecular weight is 539 g/mol. The first-order valence-electron chi connectivity index (χ1n) is 13.0. The van der Waals surface area contributed by atoms with Crippen molar-refractivity contribution in [2.75, 3.05) is 18.1 Å². The molecule has 202 valence electrons. The molecule has 0 radical (unpaired) electrons. The number of carbonyl (C=O) groups excluding carboxylic acids is 2. The Bertz CT molecular complexity index is 1250. The van der Waals surface area contributed by atoms with Gasteiger partial charge in [-0.2, -0.15) is 4.80 Å². The third kappa shape index (κ3) is 6.96. The summed E-state index contributed by atoms with van der Waals surface area (Å²) in [6.45, 7) is 8.98. The van der Waals surface area contributed by atoms with Crippen molar-refractivity contribution in [1.29, 1.82) is 0 Å². The molecule has 1 aliphatic rings. The molecule has 3 aromatic rings. The molecule has 0 spiro atoms. The van der Waals surface area contributed by atoms with E-state index in [0.717, 1.165) is 29.5 Å². The zero-order valence-corrected chi connectivity index (χ0v) is 23.1. The van der Waals surface area contributed by atoms with E-state index in [4.69, 9.17) is 16.3 Å². The molecule has 2 atom stereocenters. The molecule has 2 amide bonds. The number of tetrazole rings is 1. The van der Waals surface area contributed by atoms with Gasteiger partial charge in [0.25, 0.3) is 5.91 Å². The number of nitrogens with zero attached hydrogens (tertiary/aromatic N) is 5. The lowest BCUT2D eigenvalue weighted by Crippen LogP contribution is -2.52. The fraction of sp³-hybridized carbons (Fsp3) is 0.464. The summed E-state index contributed by atoms with van der Waals surface area (Å²) >= 11 is 5.99. The lowest BCUT2D eigenvalue weighted by atomic mass is 9.99. The second kappa shape index (κ2) is 12.5. The summed E-state index contributed by atoms with van der Waals surface area (Å²) in [5.74, 6) is 0.0734. The molecule has 0 unspecified atom stereocenters. The van der Waals surface area contributed by atoms with Gasteiger partial charge in [-0.25, -0.2) is 0 Å². The normalized spacial score (nSPS) is 16.0. The predicted octanol–water partition coefficient (Wildman–Crippen LogP) is 4.35. The van der Waals surface area contributed by atoms with E-state index in [9.17, 15) is 9.59 Å². The van der Waals surface area contributed by atoms with Crippen LogP contribution in [0.4, 0.5) is 5.69 Å². The standard InChI is InChI=1S/C28H35ClN6O3/c1-18(2)14-25(28(37)30-16-23-6-5-13-38-23)35(24-15-19(3)7-8-20(24)4)26(36)17-34-32-27(31-33-34)21-9-11-22(29)12-10-21/h7-12,15,18,23,25H,5-6,13-14,16-17H2,1-4H3,(H,30,37)/t23-,25+/m0/s1. The number of benzene rings is 2. The number of halogens is 1. The van der Waals surface area contributed by atoms with Crippen molar-refractivity contribution >= 4 is 29.1 Å². The van der Waals surface area contributed by atoms with E-state index in [1.165, 1.54) is 4.80 Å². The van der Waals surface area contributed by atoms with Gasteiger partial charge in [0.15, 0.2) is 0 Å². The number of aromatic nitrogens is 4. The quantitative estimate of drug-likeness (QED) is 0.411. The van der Waals surface area contributed by atoms with Crippen LogP contribution >= 0.6 is 11.6 Å². The van der Waals surface area contributed by atoms with Gasteiger partial charge in [-0.05, 0) is 85.7 Å². The average Bonchev–Trinajstić information content (AvgIpc) is 3.57. The van der Waals surface area contributed by atoms with Gasteiger partial charge in [-0.1, -0.05) is 37.6 Å². The maximum Gasteiger partial charge on any atom is 0.251 e. The molecule has 9 nitrogen and oxygen atoms in total. The van der Waals surface area contributed by atoms with Crippen LogP contribution in [0.15, 0.2) is 42.5 Å². The molecule has 1 saturated heterocycles. The third-order valence-electron chi connectivity index (χ3n) is 6.56. The topological polar surface area (TPSA) is 102 Å². The smallest absolute Gasteiger partial charge is 0.251 e. The zero-order valence-electron chi connectivity index (χ0n) is 22.4. The summed E-state index contributed by atoms with van der Waals surface area (Å²) in [6.07, 6.45) is 2.42. The molecule has 4 rings (SSSR count). The number of ether oxygens (including phenoxy) is 1. The Labute approximate surface area is 228 Å². The highest BCUT2D eigenvalue weighted by atomic mass is 35.5. The highest BCUT2D eigenvalue weighted by Gasteiger charge is 2.33. The van der Waals surface area contributed by atoms with Crippen LogP contribution in [0, 0.1) is 19.8 Å². The molecular weight excluding hydrogens is 504 g/mol. The van der Waals surface area contributed by atoms with Crippen LogP contribution in [-0.4, -0.2) is 57.3 Å². The monoisotopic (exact) mass is 538 g/mol. The van der Waals surface area contributed by atoms with Crippen molar-refractivity contribution < 1.29 is 14.3 Å². The Balaban J connectivity index is 1.62. The molecule has 38 heavy (non-hydrogen) atoms. The Hall–Kier alpha value is -3.30. The third-order valence-corrected chi connectivity index (χ3v) is 6.81. The van der Waals surface area contributed by atoms with Crippen molar-refractivity contribution in [2.24, 2.45) is 5.92 Å². The van der Waals surface area contributed by atoms with Crippen LogP contribution in [0.2, 0.25) is 5.02 Å². The Morgan fingerprint density at radius 2 is 1.95 bits per heavy atom. The molecule has 0 aliphatic carbocycles. The summed E-state index contributed by atoms with van der Waals surface area (Å²) in [4.78, 5) is 30.4. The number of rotatable bonds is 10. The minimum Gasteiger partial charge on any atom is -0.376 e. The van der Waals surface area contributed by atoms with Gasteiger partial charge in [0.05, 0.1) is 6.10 Å². The van der Waals surface area contributed by atoms with E-state index in [-0.39, 0.29) is 30.4 Å². The van der Waals surface area contributed by atoms with Gasteiger partial charge in [-0.15, -0.1) is 10.2 Å². The van der Waals surface area contributed by atoms with Gasteiger partial charge in [-0.3, -0.25) is 14.5 Å². The maximum absolute atomic E-state index is 13.9. The van der Waals surface area contributed by atoms with Gasteiger partial charge in [0.2, 0.25) is 11.7 Å². The summed E-state index contributed by atoms with van der Waals surface area (Å²) < 4.78 is 5.69. The van der Waals surface area contributed by atoms with Crippen LogP contribution in [0.1, 0.15) is 44.2 Å². The molecule has 1 N–H and O–H groups in total. The van der Waals surface area contributed by atoms with Crippen LogP contribution in [0.5, 0.6) is 0 Å². The van der Waals surface area contributed by atoms with Gasteiger partial charge in [0, 0.05) is 29.4 Å². The van der Waals surface area contributed by atoms with Crippen molar-refractivity contribution in [1.82, 2.24) is 25.5 Å². The van der Waals surface area contributed by atoms with Crippen molar-refractivity contribution in [3.8, 4) is 11.4 Å². The molecule has 1 aliphatic heterocycles. The number of nitrogens with one attached hydrogen (secondary N) is 1. The largest absolute Gasteiger partial charge is 0.376 e. The highest BCUT2D eigenvalue weighted by Crippen LogP contribution is 2.27. The molecule has 2 aromatic carbocycles. The molecular formula is C28H35ClN6O3. The van der Waals surface area contributed by atoms with E-state index < -0.39 is 6.04 Å². The van der Waals surface area contributed by atoms with Crippen molar-refractivity contribution in [3.05, 3.63) is 58.6 Å². The maximum atomic E-state index is 13.9. The van der Waals surface area contributed by atoms with E-state index >= 15 is 0 Å². The Morgan fingerprint density at radius 1 is 1.18 bits per heavy atom. The van der Waals surface area contributed by atoms with Crippen molar-refractivity contribution in [2.45, 2.75) is 65.6 Å². The highest BCUT2D eigenvalue weighted by molar-refractivity contribution is 6.30. The molecule has 10 heteroatoms. The summed E-state index contributed by atoms with van der Waals surface area (Å²) in [6, 6.07) is 12.3. The van der Waals surface area contributed by atoms with E-state index in [2.05, 4.69) is 20.7 Å². The first-order chi connectivity index (χ1) is 18.2. The number of aryl methyl sites for hydroxylation is 2. The number of amides is 2. The second-order valence-electron chi connectivity index (χ2n) is 10.2. The van der Waals surface area contributed by atoms with Gasteiger partial charge in [0.1, 0.15) is 12.6 Å². The first-order valence-corrected chi connectivity index (χ1v) is 13.4.